The quantitative estimate of drug-likeness (QED) is 0.569. The molecule has 0 fully saturated rings. The highest BCUT2D eigenvalue weighted by molar-refractivity contribution is 9.10. The zero-order valence-corrected chi connectivity index (χ0v) is 16.7. The Bertz CT molecular complexity index is 751. The van der Waals surface area contributed by atoms with E-state index in [0.29, 0.717) is 16.4 Å². The molecule has 25 heavy (non-hydrogen) atoms. The van der Waals surface area contributed by atoms with Gasteiger partial charge in [-0.25, -0.2) is 4.98 Å². The summed E-state index contributed by atoms with van der Waals surface area (Å²) in [6, 6.07) is 2.11. The fourth-order valence-electron chi connectivity index (χ4n) is 3.14. The van der Waals surface area contributed by atoms with Crippen molar-refractivity contribution in [2.75, 3.05) is 19.0 Å². The molecular formula is C16H18BrCl2F3N2O. The van der Waals surface area contributed by atoms with Crippen molar-refractivity contribution in [1.29, 1.82) is 0 Å². The summed E-state index contributed by atoms with van der Waals surface area (Å²) in [4.78, 5) is 5.98. The third-order valence-corrected chi connectivity index (χ3v) is 5.58. The van der Waals surface area contributed by atoms with E-state index in [9.17, 15) is 13.2 Å². The highest BCUT2D eigenvalue weighted by atomic mass is 79.9. The van der Waals surface area contributed by atoms with Gasteiger partial charge in [-0.05, 0) is 59.3 Å². The summed E-state index contributed by atoms with van der Waals surface area (Å²) >= 11 is 9.26. The lowest BCUT2D eigenvalue weighted by atomic mass is 10.0. The van der Waals surface area contributed by atoms with Gasteiger partial charge < -0.3 is 4.42 Å². The van der Waals surface area contributed by atoms with Crippen molar-refractivity contribution in [1.82, 2.24) is 9.88 Å². The van der Waals surface area contributed by atoms with Crippen LogP contribution >= 0.6 is 39.9 Å². The second-order valence-corrected chi connectivity index (χ2v) is 7.23. The van der Waals surface area contributed by atoms with E-state index in [0.717, 1.165) is 43.5 Å². The Hall–Kier alpha value is -0.500. The average Bonchev–Trinajstić information content (AvgIpc) is 2.82. The minimum atomic E-state index is -4.58. The summed E-state index contributed by atoms with van der Waals surface area (Å²) in [5.41, 5.74) is 2.45. The van der Waals surface area contributed by atoms with Crippen LogP contribution in [0.1, 0.15) is 30.4 Å². The van der Waals surface area contributed by atoms with E-state index in [2.05, 4.69) is 32.7 Å². The van der Waals surface area contributed by atoms with Crippen LogP contribution in [0, 0.1) is 0 Å². The predicted octanol–water partition coefficient (Wildman–Crippen LogP) is 5.45. The molecule has 0 aliphatic carbocycles. The fraction of sp³-hybridized carbons (Fsp3) is 0.562. The van der Waals surface area contributed by atoms with Gasteiger partial charge in [-0.2, -0.15) is 13.2 Å². The maximum absolute atomic E-state index is 12.8. The van der Waals surface area contributed by atoms with E-state index in [1.54, 1.807) is 6.07 Å². The molecule has 1 aliphatic rings. The van der Waals surface area contributed by atoms with Gasteiger partial charge in [0.25, 0.3) is 0 Å². The third kappa shape index (κ3) is 4.26. The normalized spacial score (nSPS) is 17.0. The number of benzene rings is 1. The van der Waals surface area contributed by atoms with Crippen LogP contribution in [0.15, 0.2) is 15.0 Å². The molecule has 2 heterocycles. The predicted molar refractivity (Wildman–Crippen MR) is 97.7 cm³/mol. The van der Waals surface area contributed by atoms with E-state index in [-0.39, 0.29) is 23.5 Å². The maximum atomic E-state index is 12.8. The Morgan fingerprint density at radius 2 is 2.04 bits per heavy atom. The summed E-state index contributed by atoms with van der Waals surface area (Å²) in [6.45, 7) is 3.85. The van der Waals surface area contributed by atoms with Crippen molar-refractivity contribution in [3.05, 3.63) is 27.6 Å². The number of alkyl halides is 4. The van der Waals surface area contributed by atoms with E-state index >= 15 is 0 Å². The van der Waals surface area contributed by atoms with Crippen LogP contribution in [-0.4, -0.2) is 34.9 Å². The van der Waals surface area contributed by atoms with Gasteiger partial charge in [-0.15, -0.1) is 24.0 Å². The van der Waals surface area contributed by atoms with Crippen LogP contribution in [0.4, 0.5) is 13.2 Å². The second-order valence-electron chi connectivity index (χ2n) is 6.06. The molecule has 2 aromatic rings. The number of oxazole rings is 1. The lowest BCUT2D eigenvalue weighted by molar-refractivity contribution is -0.156. The van der Waals surface area contributed by atoms with Gasteiger partial charge in [0.15, 0.2) is 5.58 Å². The molecule has 0 N–H and O–H groups in total. The first kappa shape index (κ1) is 20.8. The number of fused-ring (bicyclic) bond motifs is 2. The Balaban J connectivity index is 0.00000225. The highest BCUT2D eigenvalue weighted by Gasteiger charge is 2.38. The number of rotatable bonds is 3. The van der Waals surface area contributed by atoms with Crippen LogP contribution in [0.5, 0.6) is 0 Å². The second kappa shape index (κ2) is 8.03. The molecular weight excluding hydrogens is 444 g/mol. The number of nitrogens with zero attached hydrogens (tertiary/aromatic N) is 2. The van der Waals surface area contributed by atoms with Crippen molar-refractivity contribution < 1.29 is 17.6 Å². The monoisotopic (exact) mass is 460 g/mol. The number of hydrogen-bond acceptors (Lipinski definition) is 3. The van der Waals surface area contributed by atoms with E-state index in [1.807, 2.05) is 0 Å². The highest BCUT2D eigenvalue weighted by Crippen LogP contribution is 2.37. The van der Waals surface area contributed by atoms with Crippen molar-refractivity contribution in [2.45, 2.75) is 38.4 Å². The molecule has 1 aliphatic heterocycles. The molecule has 0 saturated heterocycles. The number of aromatic nitrogens is 1. The summed E-state index contributed by atoms with van der Waals surface area (Å²) in [7, 11) is 0. The smallest absolute Gasteiger partial charge is 0.432 e. The van der Waals surface area contributed by atoms with E-state index in [4.69, 9.17) is 16.0 Å². The van der Waals surface area contributed by atoms with Gasteiger partial charge in [0, 0.05) is 25.0 Å². The molecule has 1 aromatic carbocycles. The minimum absolute atomic E-state index is 0. The van der Waals surface area contributed by atoms with Gasteiger partial charge in [0.05, 0.1) is 4.47 Å². The SMILES string of the molecule is CC(CCCl)N1CCc2cc3nc(C(F)(F)F)oc3c(Br)c2CC1.Cl. The molecule has 0 radical (unpaired) electrons. The van der Waals surface area contributed by atoms with Gasteiger partial charge in [0.1, 0.15) is 5.52 Å². The first-order valence-corrected chi connectivity index (χ1v) is 9.12. The van der Waals surface area contributed by atoms with E-state index in [1.165, 1.54) is 0 Å². The molecule has 3 nitrogen and oxygen atoms in total. The molecule has 140 valence electrons. The molecule has 0 saturated carbocycles. The van der Waals surface area contributed by atoms with Gasteiger partial charge in [0.2, 0.25) is 0 Å². The molecule has 1 aromatic heterocycles. The minimum Gasteiger partial charge on any atom is -0.432 e. The van der Waals surface area contributed by atoms with Crippen LogP contribution in [0.25, 0.3) is 11.1 Å². The molecule has 1 unspecified atom stereocenters. The molecule has 1 atom stereocenters. The van der Waals surface area contributed by atoms with Crippen LogP contribution in [0.2, 0.25) is 0 Å². The van der Waals surface area contributed by atoms with Crippen molar-refractivity contribution >= 4 is 51.0 Å². The molecule has 9 heteroatoms. The summed E-state index contributed by atoms with van der Waals surface area (Å²) in [6.07, 6.45) is -2.15. The van der Waals surface area contributed by atoms with Crippen molar-refractivity contribution in [3.63, 3.8) is 0 Å². The zero-order chi connectivity index (χ0) is 17.5. The summed E-state index contributed by atoms with van der Waals surface area (Å²) in [5, 5.41) is 0. The van der Waals surface area contributed by atoms with Crippen molar-refractivity contribution in [2.24, 2.45) is 0 Å². The van der Waals surface area contributed by atoms with Crippen LogP contribution in [0.3, 0.4) is 0 Å². The number of halogens is 6. The Kier molecular flexibility index (Phi) is 6.68. The lowest BCUT2D eigenvalue weighted by Crippen LogP contribution is -2.35. The largest absolute Gasteiger partial charge is 0.468 e. The van der Waals surface area contributed by atoms with Crippen LogP contribution < -0.4 is 0 Å². The summed E-state index contributed by atoms with van der Waals surface area (Å²) in [5.74, 6) is -0.582. The molecule has 0 amide bonds. The molecule has 3 rings (SSSR count). The summed E-state index contributed by atoms with van der Waals surface area (Å²) < 4.78 is 44.0. The van der Waals surface area contributed by atoms with Gasteiger partial charge in [-0.1, -0.05) is 0 Å². The van der Waals surface area contributed by atoms with Crippen molar-refractivity contribution in [3.8, 4) is 0 Å². The maximum Gasteiger partial charge on any atom is 0.468 e. The average molecular weight is 462 g/mol. The Labute approximate surface area is 163 Å². The van der Waals surface area contributed by atoms with Gasteiger partial charge >= 0.3 is 12.1 Å². The molecule has 0 spiro atoms. The van der Waals surface area contributed by atoms with E-state index < -0.39 is 12.1 Å². The van der Waals surface area contributed by atoms with Gasteiger partial charge in [-0.3, -0.25) is 4.90 Å². The standard InChI is InChI=1S/C16H17BrClF3N2O.ClH/c1-9(2-5-18)23-6-3-10-8-12-14(13(17)11(10)4-7-23)24-15(22-12)16(19,20)21;/h8-9H,2-7H2,1H3;1H. The Morgan fingerprint density at radius 1 is 1.36 bits per heavy atom. The first-order valence-electron chi connectivity index (χ1n) is 7.79. The zero-order valence-electron chi connectivity index (χ0n) is 13.5. The van der Waals surface area contributed by atoms with Crippen LogP contribution in [-0.2, 0) is 19.0 Å². The Morgan fingerprint density at radius 3 is 2.68 bits per heavy atom. The first-order chi connectivity index (χ1) is 11.3. The topological polar surface area (TPSA) is 29.3 Å². The lowest BCUT2D eigenvalue weighted by Gasteiger charge is -2.26. The number of hydrogen-bond donors (Lipinski definition) is 0. The molecule has 0 bridgehead atoms. The fourth-order valence-corrected chi connectivity index (χ4v) is 4.20. The third-order valence-electron chi connectivity index (χ3n) is 4.53.